The number of fused-ring (bicyclic) bond motifs is 1. The van der Waals surface area contributed by atoms with Crippen LogP contribution in [-0.2, 0) is 29.0 Å². The number of aromatic amines is 1. The van der Waals surface area contributed by atoms with Gasteiger partial charge in [0.1, 0.15) is 52.3 Å². The molecule has 408 valence electrons. The van der Waals surface area contributed by atoms with Gasteiger partial charge in [-0.05, 0) is 137 Å². The Balaban J connectivity index is 0.917. The van der Waals surface area contributed by atoms with Crippen LogP contribution in [0.2, 0.25) is 0 Å². The molecule has 0 radical (unpaired) electrons. The number of pyridine rings is 1. The predicted molar refractivity (Wildman–Crippen MR) is 284 cm³/mol. The van der Waals surface area contributed by atoms with Crippen LogP contribution in [0.4, 0.5) is 22.2 Å². The average Bonchev–Trinajstić information content (AvgIpc) is 3.94. The highest BCUT2D eigenvalue weighted by Gasteiger charge is 2.45. The molecule has 1 aromatic carbocycles. The molecule has 0 bridgehead atoms. The van der Waals surface area contributed by atoms with Crippen LogP contribution in [0.25, 0.3) is 10.9 Å². The summed E-state index contributed by atoms with van der Waals surface area (Å²) >= 11 is 0. The molecule has 4 atom stereocenters. The summed E-state index contributed by atoms with van der Waals surface area (Å²) < 4.78 is 38.6. The zero-order chi connectivity index (χ0) is 54.6. The van der Waals surface area contributed by atoms with Gasteiger partial charge in [-0.25, -0.2) is 28.2 Å². The number of piperidine rings is 1. The van der Waals surface area contributed by atoms with E-state index in [0.717, 1.165) is 68.7 Å². The predicted octanol–water partition coefficient (Wildman–Crippen LogP) is 6.26. The van der Waals surface area contributed by atoms with Gasteiger partial charge in [0.2, 0.25) is 17.7 Å². The Bertz CT molecular complexity index is 2830. The molecule has 3 fully saturated rings. The van der Waals surface area contributed by atoms with Crippen LogP contribution >= 0.6 is 0 Å². The first-order valence-electron chi connectivity index (χ1n) is 26.2. The van der Waals surface area contributed by atoms with Crippen LogP contribution < -0.4 is 31.3 Å². The van der Waals surface area contributed by atoms with Crippen LogP contribution in [0, 0.1) is 25.7 Å². The molecule has 2 aliphatic heterocycles. The summed E-state index contributed by atoms with van der Waals surface area (Å²) in [6.07, 6.45) is 9.98. The Kier molecular flexibility index (Phi) is 17.3. The zero-order valence-electron chi connectivity index (χ0n) is 45.1. The van der Waals surface area contributed by atoms with Crippen molar-refractivity contribution in [2.75, 3.05) is 43.5 Å². The molecule has 6 N–H and O–H groups in total. The third-order valence-electron chi connectivity index (χ3n) is 14.8. The van der Waals surface area contributed by atoms with Crippen LogP contribution in [0.1, 0.15) is 134 Å². The fourth-order valence-electron chi connectivity index (χ4n) is 9.94. The number of carbonyl (C=O) groups excluding carboxylic acids is 5. The Labute approximate surface area is 440 Å². The number of likely N-dealkylation sites (N-methyl/N-ethyl adjacent to an activating group) is 1. The highest BCUT2D eigenvalue weighted by atomic mass is 32.2. The molecule has 1 saturated carbocycles. The molecule has 4 aromatic rings. The fraction of sp³-hybridized carbons (Fsp3) is 0.604. The molecule has 22 heteroatoms. The third-order valence-corrected chi connectivity index (χ3v) is 17.3. The van der Waals surface area contributed by atoms with Crippen LogP contribution in [0.3, 0.4) is 0 Å². The summed E-state index contributed by atoms with van der Waals surface area (Å²) in [6.45, 7) is 17.5. The van der Waals surface area contributed by atoms with Gasteiger partial charge in [0, 0.05) is 61.6 Å². The van der Waals surface area contributed by atoms with Crippen molar-refractivity contribution in [3.63, 3.8) is 0 Å². The van der Waals surface area contributed by atoms with E-state index in [1.807, 2.05) is 19.9 Å². The van der Waals surface area contributed by atoms with E-state index in [-0.39, 0.29) is 29.5 Å². The molecule has 0 spiro atoms. The number of ether oxygens (including phenoxy) is 2. The maximum absolute atomic E-state index is 14.4. The largest absolute Gasteiger partial charge is 0.492 e. The summed E-state index contributed by atoms with van der Waals surface area (Å²) in [5, 5.41) is 16.9. The molecule has 21 nitrogen and oxygen atoms in total. The number of aryl methyl sites for hydroxylation is 1. The van der Waals surface area contributed by atoms with Crippen molar-refractivity contribution in [3.8, 4) is 5.75 Å². The SMILES string of the molecule is Cc1[nH]nc(Nc2ncnc3cc(OCCCC4CCN(c5ccc(C(=O)N[C@H]6C[C@@H](C(N)=O)N(C(=O)C(NC(=O)[C@H](C)N(C)C(=O)OC(C)(C)C)C7CCCCC7)C6)cn5)CC4)c(S(=O)(=O)C(C)(C)C)cc23)c1C. The lowest BCUT2D eigenvalue weighted by atomic mass is 9.83. The van der Waals surface area contributed by atoms with E-state index in [2.05, 4.69) is 46.0 Å². The van der Waals surface area contributed by atoms with Crippen molar-refractivity contribution < 1.29 is 41.9 Å². The summed E-state index contributed by atoms with van der Waals surface area (Å²) in [7, 11) is -2.37. The molecule has 5 amide bonds. The van der Waals surface area contributed by atoms with E-state index in [1.165, 1.54) is 29.4 Å². The molecular weight excluding hydrogens is 981 g/mol. The summed E-state index contributed by atoms with van der Waals surface area (Å²) in [4.78, 5) is 85.7. The number of anilines is 3. The lowest BCUT2D eigenvalue weighted by molar-refractivity contribution is -0.142. The maximum Gasteiger partial charge on any atom is 0.410 e. The molecule has 5 heterocycles. The van der Waals surface area contributed by atoms with Gasteiger partial charge in [0.25, 0.3) is 5.91 Å². The number of aromatic nitrogens is 5. The minimum Gasteiger partial charge on any atom is -0.492 e. The fourth-order valence-corrected chi connectivity index (χ4v) is 11.3. The number of nitrogens with zero attached hydrogens (tertiary/aromatic N) is 7. The van der Waals surface area contributed by atoms with Gasteiger partial charge in [-0.2, -0.15) is 5.10 Å². The van der Waals surface area contributed by atoms with Crippen molar-refractivity contribution in [2.24, 2.45) is 17.6 Å². The topological polar surface area (TPSA) is 277 Å². The zero-order valence-corrected chi connectivity index (χ0v) is 45.9. The number of amides is 5. The summed E-state index contributed by atoms with van der Waals surface area (Å²) in [5.41, 5.74) is 7.76. The second-order valence-electron chi connectivity index (χ2n) is 22.4. The maximum atomic E-state index is 14.4. The Morgan fingerprint density at radius 2 is 1.65 bits per heavy atom. The lowest BCUT2D eigenvalue weighted by Gasteiger charge is -2.35. The molecule has 2 saturated heterocycles. The number of hydrogen-bond donors (Lipinski definition) is 5. The number of likely N-dealkylation sites (tertiary alicyclic amines) is 1. The molecule has 3 aromatic heterocycles. The first-order chi connectivity index (χ1) is 35.3. The van der Waals surface area contributed by atoms with Gasteiger partial charge in [0.05, 0.1) is 22.4 Å². The van der Waals surface area contributed by atoms with Crippen molar-refractivity contribution in [1.29, 1.82) is 0 Å². The minimum atomic E-state index is -3.84. The normalized spacial score (nSPS) is 18.8. The molecular formula is C53H76N12O9S. The van der Waals surface area contributed by atoms with E-state index in [9.17, 15) is 32.4 Å². The van der Waals surface area contributed by atoms with Gasteiger partial charge in [-0.3, -0.25) is 29.2 Å². The van der Waals surface area contributed by atoms with Crippen molar-refractivity contribution in [2.45, 2.75) is 166 Å². The second kappa shape index (κ2) is 23.1. The number of primary amides is 1. The van der Waals surface area contributed by atoms with E-state index < -0.39 is 74.1 Å². The van der Waals surface area contributed by atoms with Gasteiger partial charge in [0.15, 0.2) is 15.7 Å². The molecule has 1 unspecified atom stereocenters. The number of nitrogens with one attached hydrogen (secondary N) is 4. The Morgan fingerprint density at radius 3 is 2.27 bits per heavy atom. The van der Waals surface area contributed by atoms with Gasteiger partial charge in [-0.15, -0.1) is 0 Å². The number of carbonyl (C=O) groups is 5. The number of H-pyrrole nitrogens is 1. The highest BCUT2D eigenvalue weighted by molar-refractivity contribution is 7.92. The highest BCUT2D eigenvalue weighted by Crippen LogP contribution is 2.38. The van der Waals surface area contributed by atoms with E-state index >= 15 is 0 Å². The summed E-state index contributed by atoms with van der Waals surface area (Å²) in [6, 6.07) is 3.27. The number of rotatable bonds is 17. The van der Waals surface area contributed by atoms with Crippen molar-refractivity contribution in [3.05, 3.63) is 53.6 Å². The molecule has 7 rings (SSSR count). The Morgan fingerprint density at radius 1 is 0.947 bits per heavy atom. The van der Waals surface area contributed by atoms with Gasteiger partial charge in [-0.1, -0.05) is 19.3 Å². The molecule has 75 heavy (non-hydrogen) atoms. The first-order valence-corrected chi connectivity index (χ1v) is 27.6. The number of benzene rings is 1. The van der Waals surface area contributed by atoms with Gasteiger partial charge < -0.3 is 41.0 Å². The smallest absolute Gasteiger partial charge is 0.410 e. The quantitative estimate of drug-likeness (QED) is 0.0730. The van der Waals surface area contributed by atoms with Crippen LogP contribution in [-0.4, -0.2) is 141 Å². The lowest BCUT2D eigenvalue weighted by Crippen LogP contribution is -2.58. The average molecular weight is 1060 g/mol. The first kappa shape index (κ1) is 56.2. The monoisotopic (exact) mass is 1060 g/mol. The third kappa shape index (κ3) is 13.3. The van der Waals surface area contributed by atoms with E-state index in [0.29, 0.717) is 59.9 Å². The number of sulfone groups is 1. The molecule has 1 aliphatic carbocycles. The number of hydrogen-bond acceptors (Lipinski definition) is 15. The van der Waals surface area contributed by atoms with Crippen molar-refractivity contribution in [1.82, 2.24) is 45.6 Å². The van der Waals surface area contributed by atoms with Gasteiger partial charge >= 0.3 is 6.09 Å². The second-order valence-corrected chi connectivity index (χ2v) is 25.1. The molecule has 3 aliphatic rings. The van der Waals surface area contributed by atoms with E-state index in [1.54, 1.807) is 66.7 Å². The van der Waals surface area contributed by atoms with Crippen LogP contribution in [0.5, 0.6) is 5.75 Å². The summed E-state index contributed by atoms with van der Waals surface area (Å²) in [5.74, 6) is 0.132. The van der Waals surface area contributed by atoms with E-state index in [4.69, 9.17) is 15.2 Å². The van der Waals surface area contributed by atoms with Crippen LogP contribution in [0.15, 0.2) is 41.7 Å². The standard InChI is InChI=1S/C53H76N12O9S/c1-31-32(2)61-62-46(31)60-47-38-26-42(75(71,72)53(7,8)9)41(27-39(38)56-30-57-47)73-24-14-15-34-20-22-64(23-21-34)43-19-18-36(28-55-43)49(68)58-37-25-40(45(54)66)65(29-37)50(69)44(35-16-12-11-13-17-35)59-48(67)33(3)63(10)51(70)74-52(4,5)6/h18-19,26-28,30,33-35,37,40,44H,11-17,20-25,29H2,1-10H3,(H2,54,66)(H,58,68)(H,59,67)(H2,56,57,60,61,62)/t33-,37-,40-,44?/m0/s1. The van der Waals surface area contributed by atoms with Crippen molar-refractivity contribution >= 4 is 67.9 Å². The number of nitrogens with two attached hydrogens (primary N) is 1. The Hall–Kier alpha value is -6.58. The minimum absolute atomic E-state index is 0.0161.